The van der Waals surface area contributed by atoms with E-state index in [1.54, 1.807) is 4.90 Å². The van der Waals surface area contributed by atoms with Gasteiger partial charge < -0.3 is 15.0 Å². The van der Waals surface area contributed by atoms with E-state index in [1.165, 1.54) is 0 Å². The zero-order chi connectivity index (χ0) is 20.1. The zero-order valence-corrected chi connectivity index (χ0v) is 16.7. The summed E-state index contributed by atoms with van der Waals surface area (Å²) in [6.07, 6.45) is -0.369. The molecule has 5 heteroatoms. The number of nitrogens with one attached hydrogen (secondary N) is 1. The predicted molar refractivity (Wildman–Crippen MR) is 109 cm³/mol. The third kappa shape index (κ3) is 5.12. The van der Waals surface area contributed by atoms with Crippen LogP contribution in [0, 0.1) is 5.92 Å². The van der Waals surface area contributed by atoms with Crippen LogP contribution in [-0.2, 0) is 16.1 Å². The topological polar surface area (TPSA) is 58.6 Å². The first-order valence-electron chi connectivity index (χ1n) is 9.68. The van der Waals surface area contributed by atoms with E-state index < -0.39 is 5.60 Å². The summed E-state index contributed by atoms with van der Waals surface area (Å²) < 4.78 is 5.52. The van der Waals surface area contributed by atoms with Gasteiger partial charge in [-0.25, -0.2) is 4.79 Å². The van der Waals surface area contributed by atoms with Gasteiger partial charge in [0.25, 0.3) is 0 Å². The van der Waals surface area contributed by atoms with E-state index >= 15 is 0 Å². The van der Waals surface area contributed by atoms with E-state index in [1.807, 2.05) is 81.4 Å². The second kappa shape index (κ2) is 8.46. The highest BCUT2D eigenvalue weighted by Crippen LogP contribution is 2.33. The molecule has 0 aliphatic carbocycles. The quantitative estimate of drug-likeness (QED) is 0.874. The molecule has 1 saturated heterocycles. The molecule has 2 amide bonds. The van der Waals surface area contributed by atoms with Gasteiger partial charge in [0.15, 0.2) is 0 Å². The van der Waals surface area contributed by atoms with Crippen LogP contribution in [-0.4, -0.2) is 35.6 Å². The number of ether oxygens (including phenoxy) is 1. The van der Waals surface area contributed by atoms with Crippen molar-refractivity contribution in [2.45, 2.75) is 38.8 Å². The Bertz CT molecular complexity index is 800. The van der Waals surface area contributed by atoms with E-state index in [9.17, 15) is 9.59 Å². The van der Waals surface area contributed by atoms with E-state index in [2.05, 4.69) is 5.32 Å². The molecule has 3 rings (SSSR count). The number of hydrogen-bond acceptors (Lipinski definition) is 3. The lowest BCUT2D eigenvalue weighted by Gasteiger charge is -2.24. The molecule has 1 aliphatic heterocycles. The van der Waals surface area contributed by atoms with Gasteiger partial charge in [0.05, 0.1) is 5.92 Å². The molecule has 5 nitrogen and oxygen atoms in total. The Morgan fingerprint density at radius 2 is 1.61 bits per heavy atom. The van der Waals surface area contributed by atoms with E-state index in [0.29, 0.717) is 19.6 Å². The first-order chi connectivity index (χ1) is 13.3. The molecule has 0 radical (unpaired) electrons. The van der Waals surface area contributed by atoms with Gasteiger partial charge >= 0.3 is 6.09 Å². The molecule has 0 saturated carbocycles. The Hall–Kier alpha value is -2.82. The number of benzene rings is 2. The number of carbonyl (C=O) groups excluding carboxylic acids is 2. The smallest absolute Gasteiger partial charge is 0.410 e. The van der Waals surface area contributed by atoms with Gasteiger partial charge in [0, 0.05) is 25.6 Å². The average Bonchev–Trinajstić information content (AvgIpc) is 3.12. The number of likely N-dealkylation sites (tertiary alicyclic amines) is 1. The second-order valence-corrected chi connectivity index (χ2v) is 8.21. The highest BCUT2D eigenvalue weighted by atomic mass is 16.6. The molecule has 1 aliphatic rings. The molecule has 0 aromatic heterocycles. The molecule has 1 heterocycles. The van der Waals surface area contributed by atoms with Gasteiger partial charge in [0.1, 0.15) is 5.60 Å². The second-order valence-electron chi connectivity index (χ2n) is 8.21. The maximum atomic E-state index is 13.0. The Morgan fingerprint density at radius 3 is 2.21 bits per heavy atom. The third-order valence-corrected chi connectivity index (χ3v) is 4.85. The van der Waals surface area contributed by atoms with Crippen molar-refractivity contribution in [2.24, 2.45) is 5.92 Å². The molecular weight excluding hydrogens is 352 g/mol. The van der Waals surface area contributed by atoms with Crippen molar-refractivity contribution < 1.29 is 14.3 Å². The highest BCUT2D eigenvalue weighted by molar-refractivity contribution is 5.82. The van der Waals surface area contributed by atoms with Gasteiger partial charge in [-0.05, 0) is 31.9 Å². The fourth-order valence-corrected chi connectivity index (χ4v) is 3.50. The lowest BCUT2D eigenvalue weighted by atomic mass is 9.88. The number of rotatable bonds is 4. The Kier molecular flexibility index (Phi) is 6.02. The van der Waals surface area contributed by atoms with Crippen LogP contribution in [0.1, 0.15) is 37.8 Å². The lowest BCUT2D eigenvalue weighted by Crippen LogP contribution is -2.37. The summed E-state index contributed by atoms with van der Waals surface area (Å²) in [7, 11) is 0. The first-order valence-corrected chi connectivity index (χ1v) is 9.68. The number of amides is 2. The molecule has 2 atom stereocenters. The molecule has 1 N–H and O–H groups in total. The van der Waals surface area contributed by atoms with Crippen LogP contribution >= 0.6 is 0 Å². The molecule has 2 aromatic rings. The SMILES string of the molecule is CC(C)(C)OC(=O)N1C[C@H](C(=O)NCc2ccccc2)[C@@H](c2ccccc2)C1. The minimum absolute atomic E-state index is 0.0382. The molecule has 148 valence electrons. The highest BCUT2D eigenvalue weighted by Gasteiger charge is 2.41. The maximum Gasteiger partial charge on any atom is 0.410 e. The summed E-state index contributed by atoms with van der Waals surface area (Å²) in [5.74, 6) is -0.396. The summed E-state index contributed by atoms with van der Waals surface area (Å²) in [5, 5.41) is 3.03. The number of hydrogen-bond donors (Lipinski definition) is 1. The van der Waals surface area contributed by atoms with Crippen LogP contribution in [0.15, 0.2) is 60.7 Å². The molecule has 1 fully saturated rings. The third-order valence-electron chi connectivity index (χ3n) is 4.85. The average molecular weight is 380 g/mol. The molecule has 0 unspecified atom stereocenters. The van der Waals surface area contributed by atoms with Crippen LogP contribution in [0.3, 0.4) is 0 Å². The van der Waals surface area contributed by atoms with Gasteiger partial charge in [-0.2, -0.15) is 0 Å². The van der Waals surface area contributed by atoms with Gasteiger partial charge in [-0.1, -0.05) is 60.7 Å². The predicted octanol–water partition coefficient (Wildman–Crippen LogP) is 3.95. The molecule has 2 aromatic carbocycles. The molecule has 28 heavy (non-hydrogen) atoms. The van der Waals surface area contributed by atoms with Crippen molar-refractivity contribution in [1.29, 1.82) is 0 Å². The Labute approximate surface area is 166 Å². The number of nitrogens with zero attached hydrogens (tertiary/aromatic N) is 1. The van der Waals surface area contributed by atoms with Crippen molar-refractivity contribution in [1.82, 2.24) is 10.2 Å². The van der Waals surface area contributed by atoms with Gasteiger partial charge in [-0.15, -0.1) is 0 Å². The van der Waals surface area contributed by atoms with Crippen molar-refractivity contribution in [2.75, 3.05) is 13.1 Å². The van der Waals surface area contributed by atoms with Crippen LogP contribution < -0.4 is 5.32 Å². The minimum atomic E-state index is -0.563. The maximum absolute atomic E-state index is 13.0. The lowest BCUT2D eigenvalue weighted by molar-refractivity contribution is -0.125. The minimum Gasteiger partial charge on any atom is -0.444 e. The first kappa shape index (κ1) is 19.9. The van der Waals surface area contributed by atoms with Crippen LogP contribution in [0.4, 0.5) is 4.79 Å². The summed E-state index contributed by atoms with van der Waals surface area (Å²) in [6.45, 7) is 6.85. The standard InChI is InChI=1S/C23H28N2O3/c1-23(2,3)28-22(27)25-15-19(18-12-8-5-9-13-18)20(16-25)21(26)24-14-17-10-6-4-7-11-17/h4-13,19-20H,14-16H2,1-3H3,(H,24,26)/t19-,20+/m1/s1. The Balaban J connectivity index is 1.73. The van der Waals surface area contributed by atoms with E-state index in [0.717, 1.165) is 11.1 Å². The zero-order valence-electron chi connectivity index (χ0n) is 16.7. The van der Waals surface area contributed by atoms with Crippen molar-refractivity contribution in [3.05, 3.63) is 71.8 Å². The van der Waals surface area contributed by atoms with Crippen LogP contribution in [0.25, 0.3) is 0 Å². The van der Waals surface area contributed by atoms with Crippen LogP contribution in [0.5, 0.6) is 0 Å². The monoisotopic (exact) mass is 380 g/mol. The van der Waals surface area contributed by atoms with Crippen molar-refractivity contribution in [3.8, 4) is 0 Å². The van der Waals surface area contributed by atoms with Crippen molar-refractivity contribution >= 4 is 12.0 Å². The summed E-state index contributed by atoms with van der Waals surface area (Å²) in [6, 6.07) is 19.7. The largest absolute Gasteiger partial charge is 0.444 e. The molecule has 0 bridgehead atoms. The fourth-order valence-electron chi connectivity index (χ4n) is 3.50. The van der Waals surface area contributed by atoms with E-state index in [-0.39, 0.29) is 23.8 Å². The summed E-state index contributed by atoms with van der Waals surface area (Å²) in [5.41, 5.74) is 1.55. The van der Waals surface area contributed by atoms with Gasteiger partial charge in [0.2, 0.25) is 5.91 Å². The normalized spacial score (nSPS) is 19.3. The van der Waals surface area contributed by atoms with Crippen molar-refractivity contribution in [3.63, 3.8) is 0 Å². The Morgan fingerprint density at radius 1 is 1.00 bits per heavy atom. The fraction of sp³-hybridized carbons (Fsp3) is 0.391. The van der Waals surface area contributed by atoms with Crippen LogP contribution in [0.2, 0.25) is 0 Å². The summed E-state index contributed by atoms with van der Waals surface area (Å²) >= 11 is 0. The number of carbonyl (C=O) groups is 2. The summed E-state index contributed by atoms with van der Waals surface area (Å²) in [4.78, 5) is 27.2. The molecular formula is C23H28N2O3. The molecule has 0 spiro atoms. The van der Waals surface area contributed by atoms with Gasteiger partial charge in [-0.3, -0.25) is 4.79 Å². The van der Waals surface area contributed by atoms with E-state index in [4.69, 9.17) is 4.74 Å².